The van der Waals surface area contributed by atoms with E-state index >= 15 is 0 Å². The highest BCUT2D eigenvalue weighted by Gasteiger charge is 2.26. The second-order valence-corrected chi connectivity index (χ2v) is 14.7. The molecule has 268 valence electrons. The maximum Gasteiger partial charge on any atom is 0.0703 e. The van der Waals surface area contributed by atoms with Crippen LogP contribution in [-0.4, -0.2) is 0 Å². The summed E-state index contributed by atoms with van der Waals surface area (Å²) in [4.78, 5) is 7.11. The summed E-state index contributed by atoms with van der Waals surface area (Å²) in [5.74, 6) is 0. The van der Waals surface area contributed by atoms with Gasteiger partial charge in [-0.25, -0.2) is 0 Å². The minimum atomic E-state index is 0.102. The van der Waals surface area contributed by atoms with Gasteiger partial charge in [-0.2, -0.15) is 0 Å². The first-order chi connectivity index (χ1) is 27.0. The molecule has 0 radical (unpaired) electrons. The van der Waals surface area contributed by atoms with Crippen LogP contribution in [-0.2, 0) is 5.41 Å². The molecule has 8 rings (SSSR count). The van der Waals surface area contributed by atoms with Crippen molar-refractivity contribution in [1.82, 2.24) is 0 Å². The first kappa shape index (κ1) is 35.2. The van der Waals surface area contributed by atoms with Gasteiger partial charge in [-0.1, -0.05) is 154 Å². The average Bonchev–Trinajstić information content (AvgIpc) is 3.24. The predicted molar refractivity (Wildman–Crippen MR) is 235 cm³/mol. The Kier molecular flexibility index (Phi) is 10.0. The number of hydrogen-bond acceptors (Lipinski definition) is 3. The second kappa shape index (κ2) is 15.6. The third-order valence-corrected chi connectivity index (χ3v) is 9.99. The van der Waals surface area contributed by atoms with Crippen LogP contribution < -0.4 is 14.7 Å². The van der Waals surface area contributed by atoms with Crippen molar-refractivity contribution in [3.8, 4) is 11.1 Å². The molecule has 0 fully saturated rings. The van der Waals surface area contributed by atoms with Crippen molar-refractivity contribution in [2.24, 2.45) is 0 Å². The monoisotopic (exact) mass is 711 g/mol. The van der Waals surface area contributed by atoms with Gasteiger partial charge < -0.3 is 14.7 Å². The molecule has 3 nitrogen and oxygen atoms in total. The fourth-order valence-electron chi connectivity index (χ4n) is 7.22. The van der Waals surface area contributed by atoms with E-state index in [0.29, 0.717) is 0 Å². The molecule has 8 aromatic carbocycles. The molecule has 0 saturated carbocycles. The number of rotatable bonds is 10. The van der Waals surface area contributed by atoms with Crippen LogP contribution in [0.4, 0.5) is 51.2 Å². The fourth-order valence-corrected chi connectivity index (χ4v) is 7.22. The van der Waals surface area contributed by atoms with Gasteiger partial charge in [0.15, 0.2) is 0 Å². The summed E-state index contributed by atoms with van der Waals surface area (Å²) in [5, 5.41) is 0. The Morgan fingerprint density at radius 2 is 0.509 bits per heavy atom. The number of benzene rings is 8. The van der Waals surface area contributed by atoms with Crippen molar-refractivity contribution in [2.75, 3.05) is 14.7 Å². The van der Waals surface area contributed by atoms with Crippen LogP contribution in [0.5, 0.6) is 0 Å². The third-order valence-electron chi connectivity index (χ3n) is 9.99. The van der Waals surface area contributed by atoms with Crippen LogP contribution >= 0.6 is 0 Å². The van der Waals surface area contributed by atoms with E-state index in [9.17, 15) is 0 Å². The highest BCUT2D eigenvalue weighted by molar-refractivity contribution is 5.96. The zero-order valence-corrected chi connectivity index (χ0v) is 31.6. The van der Waals surface area contributed by atoms with Crippen LogP contribution in [0.25, 0.3) is 11.1 Å². The molecule has 3 heteroatoms. The van der Waals surface area contributed by atoms with Gasteiger partial charge in [0, 0.05) is 28.4 Å². The Labute approximate surface area is 326 Å². The van der Waals surface area contributed by atoms with Gasteiger partial charge in [-0.05, 0) is 107 Å². The first-order valence-corrected chi connectivity index (χ1v) is 19.0. The van der Waals surface area contributed by atoms with Gasteiger partial charge in [0.05, 0.1) is 22.7 Å². The fraction of sp³-hybridized carbons (Fsp3) is 0.0769. The maximum atomic E-state index is 2.41. The van der Waals surface area contributed by atoms with Crippen LogP contribution in [0.3, 0.4) is 0 Å². The standard InChI is InChI=1S/C52H45N3/c1-52(2,3)42-36-32-40(33-37-42)41-34-38-47(39-35-41)55(50-30-18-16-28-48(50)53(43-20-8-4-9-21-43)44-22-10-5-11-23-44)51-31-19-17-29-49(51)54(45-24-12-6-13-25-45)46-26-14-7-15-27-46/h4-39H,1-3H3. The van der Waals surface area contributed by atoms with Crippen molar-refractivity contribution in [3.63, 3.8) is 0 Å². The number of anilines is 9. The SMILES string of the molecule is CC(C)(C)c1ccc(-c2ccc(N(c3ccccc3N(c3ccccc3)c3ccccc3)c3ccccc3N(c3ccccc3)c3ccccc3)cc2)cc1. The summed E-state index contributed by atoms with van der Waals surface area (Å²) < 4.78 is 0. The van der Waals surface area contributed by atoms with Gasteiger partial charge in [0.25, 0.3) is 0 Å². The lowest BCUT2D eigenvalue weighted by atomic mass is 9.86. The predicted octanol–water partition coefficient (Wildman–Crippen LogP) is 15.1. The molecule has 0 unspecified atom stereocenters. The lowest BCUT2D eigenvalue weighted by Crippen LogP contribution is -2.19. The second-order valence-electron chi connectivity index (χ2n) is 14.7. The number of para-hydroxylation sites is 8. The van der Waals surface area contributed by atoms with Gasteiger partial charge >= 0.3 is 0 Å². The molecule has 0 spiro atoms. The molecule has 55 heavy (non-hydrogen) atoms. The molecular formula is C52H45N3. The molecule has 0 aliphatic rings. The quantitative estimate of drug-likeness (QED) is 0.140. The topological polar surface area (TPSA) is 9.72 Å². The summed E-state index contributed by atoms with van der Waals surface area (Å²) >= 11 is 0. The number of nitrogens with zero attached hydrogens (tertiary/aromatic N) is 3. The van der Waals surface area contributed by atoms with E-state index in [1.54, 1.807) is 0 Å². The van der Waals surface area contributed by atoms with Crippen LogP contribution in [0, 0.1) is 0 Å². The van der Waals surface area contributed by atoms with Crippen molar-refractivity contribution in [3.05, 3.63) is 224 Å². The van der Waals surface area contributed by atoms with E-state index in [1.165, 1.54) is 16.7 Å². The average molecular weight is 712 g/mol. The lowest BCUT2D eigenvalue weighted by molar-refractivity contribution is 0.590. The Bertz CT molecular complexity index is 2230. The molecule has 0 aliphatic carbocycles. The first-order valence-electron chi connectivity index (χ1n) is 19.0. The van der Waals surface area contributed by atoms with Crippen molar-refractivity contribution in [2.45, 2.75) is 26.2 Å². The summed E-state index contributed by atoms with van der Waals surface area (Å²) in [6.45, 7) is 6.78. The molecule has 8 aromatic rings. The minimum Gasteiger partial charge on any atom is -0.308 e. The number of hydrogen-bond donors (Lipinski definition) is 0. The molecule has 0 amide bonds. The van der Waals surface area contributed by atoms with Crippen molar-refractivity contribution < 1.29 is 0 Å². The Morgan fingerprint density at radius 1 is 0.255 bits per heavy atom. The van der Waals surface area contributed by atoms with E-state index < -0.39 is 0 Å². The van der Waals surface area contributed by atoms with Gasteiger partial charge in [-0.15, -0.1) is 0 Å². The molecule has 0 bridgehead atoms. The summed E-state index contributed by atoms with van der Waals surface area (Å²) in [6, 6.07) is 78.0. The van der Waals surface area contributed by atoms with E-state index in [-0.39, 0.29) is 5.41 Å². The molecule has 0 aliphatic heterocycles. The Hall–Kier alpha value is -6.84. The Morgan fingerprint density at radius 3 is 0.818 bits per heavy atom. The maximum absolute atomic E-state index is 2.41. The highest BCUT2D eigenvalue weighted by Crippen LogP contribution is 2.50. The largest absolute Gasteiger partial charge is 0.308 e. The smallest absolute Gasteiger partial charge is 0.0703 e. The molecule has 0 aromatic heterocycles. The molecule has 0 N–H and O–H groups in total. The zero-order valence-electron chi connectivity index (χ0n) is 31.6. The van der Waals surface area contributed by atoms with Crippen LogP contribution in [0.15, 0.2) is 218 Å². The normalized spacial score (nSPS) is 11.2. The molecule has 0 saturated heterocycles. The van der Waals surface area contributed by atoms with Crippen LogP contribution in [0.2, 0.25) is 0 Å². The van der Waals surface area contributed by atoms with E-state index in [4.69, 9.17) is 0 Å². The van der Waals surface area contributed by atoms with E-state index in [1.807, 2.05) is 0 Å². The molecular weight excluding hydrogens is 667 g/mol. The van der Waals surface area contributed by atoms with E-state index in [0.717, 1.165) is 51.2 Å². The van der Waals surface area contributed by atoms with E-state index in [2.05, 4.69) is 254 Å². The minimum absolute atomic E-state index is 0.102. The molecule has 0 atom stereocenters. The van der Waals surface area contributed by atoms with Gasteiger partial charge in [-0.3, -0.25) is 0 Å². The summed E-state index contributed by atoms with van der Waals surface area (Å²) in [5.41, 5.74) is 13.4. The van der Waals surface area contributed by atoms with Crippen molar-refractivity contribution >= 4 is 51.2 Å². The molecule has 0 heterocycles. The lowest BCUT2D eigenvalue weighted by Gasteiger charge is -2.36. The summed E-state index contributed by atoms with van der Waals surface area (Å²) in [7, 11) is 0. The summed E-state index contributed by atoms with van der Waals surface area (Å²) in [6.07, 6.45) is 0. The Balaban J connectivity index is 1.35. The third kappa shape index (κ3) is 7.51. The van der Waals surface area contributed by atoms with Crippen molar-refractivity contribution in [1.29, 1.82) is 0 Å². The highest BCUT2D eigenvalue weighted by atomic mass is 15.2. The van der Waals surface area contributed by atoms with Gasteiger partial charge in [0.2, 0.25) is 0 Å². The zero-order chi connectivity index (χ0) is 37.6. The van der Waals surface area contributed by atoms with Gasteiger partial charge in [0.1, 0.15) is 0 Å². The van der Waals surface area contributed by atoms with Crippen LogP contribution in [0.1, 0.15) is 26.3 Å².